The highest BCUT2D eigenvalue weighted by atomic mass is 16.5. The molecule has 78 valence electrons. The zero-order valence-corrected chi connectivity index (χ0v) is 9.04. The van der Waals surface area contributed by atoms with E-state index in [1.54, 1.807) is 0 Å². The summed E-state index contributed by atoms with van der Waals surface area (Å²) in [5.41, 5.74) is 3.60. The number of ether oxygens (including phenoxy) is 1. The first-order valence-electron chi connectivity index (χ1n) is 5.32. The van der Waals surface area contributed by atoms with Crippen LogP contribution in [0, 0.1) is 13.8 Å². The van der Waals surface area contributed by atoms with Crippen molar-refractivity contribution in [1.29, 1.82) is 0 Å². The Morgan fingerprint density at radius 2 is 1.80 bits per heavy atom. The predicted octanol–water partition coefficient (Wildman–Crippen LogP) is 3.16. The summed E-state index contributed by atoms with van der Waals surface area (Å²) in [7, 11) is 0. The molecule has 1 fully saturated rings. The molecule has 0 saturated carbocycles. The summed E-state index contributed by atoms with van der Waals surface area (Å²) in [6.07, 6.45) is 0. The fourth-order valence-corrected chi connectivity index (χ4v) is 1.92. The summed E-state index contributed by atoms with van der Waals surface area (Å²) in [6.45, 7) is 5.85. The zero-order valence-electron chi connectivity index (χ0n) is 9.04. The molecule has 3 rings (SSSR count). The van der Waals surface area contributed by atoms with Gasteiger partial charge in [0.1, 0.15) is 11.3 Å². The van der Waals surface area contributed by atoms with Gasteiger partial charge in [-0.05, 0) is 43.2 Å². The predicted molar refractivity (Wildman–Crippen MR) is 59.2 cm³/mol. The van der Waals surface area contributed by atoms with Gasteiger partial charge in [0.15, 0.2) is 0 Å². The van der Waals surface area contributed by atoms with Crippen LogP contribution >= 0.6 is 0 Å². The van der Waals surface area contributed by atoms with Crippen molar-refractivity contribution in [2.24, 2.45) is 0 Å². The van der Waals surface area contributed by atoms with Gasteiger partial charge < -0.3 is 9.15 Å². The highest BCUT2D eigenvalue weighted by Crippen LogP contribution is 2.30. The van der Waals surface area contributed by atoms with E-state index in [2.05, 4.69) is 32.0 Å². The molecule has 0 bridgehead atoms. The van der Waals surface area contributed by atoms with Gasteiger partial charge in [0, 0.05) is 5.39 Å². The molecule has 1 aliphatic heterocycles. The van der Waals surface area contributed by atoms with Gasteiger partial charge in [-0.3, -0.25) is 0 Å². The summed E-state index contributed by atoms with van der Waals surface area (Å²) in [6, 6.07) is 6.46. The second-order valence-electron chi connectivity index (χ2n) is 4.36. The lowest BCUT2D eigenvalue weighted by atomic mass is 10.0. The van der Waals surface area contributed by atoms with Crippen LogP contribution in [0.3, 0.4) is 0 Å². The smallest absolute Gasteiger partial charge is 0.134 e. The normalized spacial score (nSPS) is 16.9. The van der Waals surface area contributed by atoms with E-state index in [0.29, 0.717) is 5.92 Å². The molecule has 0 unspecified atom stereocenters. The maximum Gasteiger partial charge on any atom is 0.134 e. The topological polar surface area (TPSA) is 22.4 Å². The Balaban J connectivity index is 2.12. The Hall–Kier alpha value is -1.28. The van der Waals surface area contributed by atoms with Gasteiger partial charge in [-0.2, -0.15) is 0 Å². The van der Waals surface area contributed by atoms with Crippen molar-refractivity contribution in [2.75, 3.05) is 13.2 Å². The lowest BCUT2D eigenvalue weighted by molar-refractivity contribution is 0.000474. The van der Waals surface area contributed by atoms with Crippen molar-refractivity contribution < 1.29 is 9.15 Å². The van der Waals surface area contributed by atoms with Gasteiger partial charge >= 0.3 is 0 Å². The van der Waals surface area contributed by atoms with Crippen LogP contribution in [0.15, 0.2) is 22.6 Å². The van der Waals surface area contributed by atoms with Crippen molar-refractivity contribution in [3.8, 4) is 0 Å². The Bertz CT molecular complexity index is 467. The van der Waals surface area contributed by atoms with Gasteiger partial charge in [0.2, 0.25) is 0 Å². The molecule has 1 saturated heterocycles. The van der Waals surface area contributed by atoms with Crippen molar-refractivity contribution in [3.63, 3.8) is 0 Å². The average molecular weight is 202 g/mol. The number of benzene rings is 1. The number of rotatable bonds is 1. The van der Waals surface area contributed by atoms with E-state index in [1.807, 2.05) is 0 Å². The van der Waals surface area contributed by atoms with Gasteiger partial charge in [-0.25, -0.2) is 0 Å². The lowest BCUT2D eigenvalue weighted by Gasteiger charge is -2.23. The Labute approximate surface area is 88.8 Å². The molecular weight excluding hydrogens is 188 g/mol. The maximum atomic E-state index is 5.83. The third kappa shape index (κ3) is 1.37. The van der Waals surface area contributed by atoms with Crippen molar-refractivity contribution >= 4 is 11.0 Å². The van der Waals surface area contributed by atoms with Crippen LogP contribution in [0.25, 0.3) is 11.0 Å². The monoisotopic (exact) mass is 202 g/mol. The van der Waals surface area contributed by atoms with Crippen LogP contribution in [-0.4, -0.2) is 13.2 Å². The van der Waals surface area contributed by atoms with Gasteiger partial charge in [-0.15, -0.1) is 0 Å². The van der Waals surface area contributed by atoms with E-state index in [4.69, 9.17) is 9.15 Å². The molecule has 15 heavy (non-hydrogen) atoms. The molecule has 0 aliphatic carbocycles. The molecule has 2 heteroatoms. The molecule has 0 atom stereocenters. The standard InChI is InChI=1S/C13H14O2/c1-8-3-10-5-13(11-6-14-7-11)15-12(10)4-9(8)2/h3-5,11H,6-7H2,1-2H3. The largest absolute Gasteiger partial charge is 0.461 e. The summed E-state index contributed by atoms with van der Waals surface area (Å²) in [5.74, 6) is 1.54. The van der Waals surface area contributed by atoms with Gasteiger partial charge in [0.25, 0.3) is 0 Å². The molecule has 0 spiro atoms. The molecule has 2 aromatic rings. The molecule has 1 aromatic heterocycles. The quantitative estimate of drug-likeness (QED) is 0.708. The second-order valence-corrected chi connectivity index (χ2v) is 4.36. The van der Waals surface area contributed by atoms with Gasteiger partial charge in [0.05, 0.1) is 19.1 Å². The van der Waals surface area contributed by atoms with Crippen LogP contribution in [0.1, 0.15) is 22.8 Å². The van der Waals surface area contributed by atoms with Crippen LogP contribution in [0.5, 0.6) is 0 Å². The second kappa shape index (κ2) is 3.11. The third-order valence-corrected chi connectivity index (χ3v) is 3.19. The Morgan fingerprint density at radius 1 is 1.07 bits per heavy atom. The van der Waals surface area contributed by atoms with Crippen molar-refractivity contribution in [1.82, 2.24) is 0 Å². The zero-order chi connectivity index (χ0) is 10.4. The molecule has 2 heterocycles. The van der Waals surface area contributed by atoms with E-state index < -0.39 is 0 Å². The minimum Gasteiger partial charge on any atom is -0.461 e. The summed E-state index contributed by atoms with van der Waals surface area (Å²) >= 11 is 0. The summed E-state index contributed by atoms with van der Waals surface area (Å²) in [4.78, 5) is 0. The maximum absolute atomic E-state index is 5.83. The minimum atomic E-state index is 0.470. The fraction of sp³-hybridized carbons (Fsp3) is 0.385. The van der Waals surface area contributed by atoms with Crippen molar-refractivity contribution in [3.05, 3.63) is 35.1 Å². The number of fused-ring (bicyclic) bond motifs is 1. The highest BCUT2D eigenvalue weighted by molar-refractivity contribution is 5.79. The summed E-state index contributed by atoms with van der Waals surface area (Å²) in [5, 5.41) is 1.21. The van der Waals surface area contributed by atoms with Crippen LogP contribution in [0.2, 0.25) is 0 Å². The first-order chi connectivity index (χ1) is 7.24. The third-order valence-electron chi connectivity index (χ3n) is 3.19. The fourth-order valence-electron chi connectivity index (χ4n) is 1.92. The molecule has 0 radical (unpaired) electrons. The summed E-state index contributed by atoms with van der Waals surface area (Å²) < 4.78 is 11.0. The van der Waals surface area contributed by atoms with Crippen molar-refractivity contribution in [2.45, 2.75) is 19.8 Å². The van der Waals surface area contributed by atoms with Crippen LogP contribution in [0.4, 0.5) is 0 Å². The van der Waals surface area contributed by atoms with E-state index in [-0.39, 0.29) is 0 Å². The Kier molecular flexibility index (Phi) is 1.86. The lowest BCUT2D eigenvalue weighted by Crippen LogP contribution is -2.24. The molecule has 0 amide bonds. The molecule has 0 N–H and O–H groups in total. The van der Waals surface area contributed by atoms with Gasteiger partial charge in [-0.1, -0.05) is 0 Å². The molecule has 1 aromatic carbocycles. The minimum absolute atomic E-state index is 0.470. The highest BCUT2D eigenvalue weighted by Gasteiger charge is 2.24. The first kappa shape index (κ1) is 8.98. The average Bonchev–Trinajstić information content (AvgIpc) is 2.45. The van der Waals surface area contributed by atoms with Crippen LogP contribution in [-0.2, 0) is 4.74 Å². The first-order valence-corrected chi connectivity index (χ1v) is 5.32. The molecule has 1 aliphatic rings. The van der Waals surface area contributed by atoms with E-state index in [1.165, 1.54) is 16.5 Å². The number of furan rings is 1. The molecular formula is C13H14O2. The van der Waals surface area contributed by atoms with Crippen LogP contribution < -0.4 is 0 Å². The SMILES string of the molecule is Cc1cc2cc(C3COC3)oc2cc1C. The number of hydrogen-bond donors (Lipinski definition) is 0. The van der Waals surface area contributed by atoms with E-state index in [0.717, 1.165) is 24.6 Å². The Morgan fingerprint density at radius 3 is 2.47 bits per heavy atom. The number of aryl methyl sites for hydroxylation is 2. The molecule has 2 nitrogen and oxygen atoms in total. The number of hydrogen-bond acceptors (Lipinski definition) is 2. The van der Waals surface area contributed by atoms with E-state index >= 15 is 0 Å². The van der Waals surface area contributed by atoms with E-state index in [9.17, 15) is 0 Å².